The number of rotatable bonds is 5. The number of nitrogens with zero attached hydrogens (tertiary/aromatic N) is 5. The van der Waals surface area contributed by atoms with Gasteiger partial charge in [-0.25, -0.2) is 4.79 Å². The smallest absolute Gasteiger partial charge is 0.320 e. The normalized spacial score (nSPS) is 21.9. The lowest BCUT2D eigenvalue weighted by Crippen LogP contribution is -2.54. The van der Waals surface area contributed by atoms with Gasteiger partial charge in [0.05, 0.1) is 30.3 Å². The minimum Gasteiger partial charge on any atom is -0.378 e. The molecule has 0 unspecified atom stereocenters. The van der Waals surface area contributed by atoms with Crippen LogP contribution in [0.4, 0.5) is 16.2 Å². The van der Waals surface area contributed by atoms with Crippen molar-refractivity contribution in [2.45, 2.75) is 44.7 Å². The Morgan fingerprint density at radius 3 is 2.33 bits per heavy atom. The molecule has 2 aromatic rings. The molecule has 1 saturated carbocycles. The summed E-state index contributed by atoms with van der Waals surface area (Å²) in [5, 5.41) is 10.1. The molecule has 1 aromatic carbocycles. The fourth-order valence-corrected chi connectivity index (χ4v) is 5.85. The molecule has 4 amide bonds. The van der Waals surface area contributed by atoms with E-state index in [1.165, 1.54) is 0 Å². The van der Waals surface area contributed by atoms with Crippen LogP contribution < -0.4 is 21.3 Å². The summed E-state index contributed by atoms with van der Waals surface area (Å²) >= 11 is 1.04. The van der Waals surface area contributed by atoms with Gasteiger partial charge in [-0.15, -0.1) is 5.10 Å². The molecule has 0 radical (unpaired) electrons. The van der Waals surface area contributed by atoms with Crippen molar-refractivity contribution in [2.24, 2.45) is 5.73 Å². The Kier molecular flexibility index (Phi) is 8.58. The molecule has 5 rings (SSSR count). The van der Waals surface area contributed by atoms with E-state index in [0.29, 0.717) is 74.3 Å². The lowest BCUT2D eigenvalue weighted by atomic mass is 9.91. The van der Waals surface area contributed by atoms with Crippen molar-refractivity contribution in [3.63, 3.8) is 0 Å². The molecule has 0 atom stereocenters. The fraction of sp³-hybridized carbons (Fsp3) is 0.577. The summed E-state index contributed by atoms with van der Waals surface area (Å²) < 4.78 is 9.24. The number of aromatic nitrogens is 2. The van der Waals surface area contributed by atoms with Crippen molar-refractivity contribution in [1.82, 2.24) is 24.7 Å². The van der Waals surface area contributed by atoms with E-state index in [0.717, 1.165) is 42.9 Å². The van der Waals surface area contributed by atoms with Gasteiger partial charge in [0.2, 0.25) is 0 Å². The minimum absolute atomic E-state index is 0.0373. The Morgan fingerprint density at radius 2 is 1.67 bits per heavy atom. The number of anilines is 2. The molecular weight excluding hydrogens is 520 g/mol. The highest BCUT2D eigenvalue weighted by atomic mass is 32.1. The van der Waals surface area contributed by atoms with Crippen LogP contribution in [-0.2, 0) is 4.74 Å². The minimum atomic E-state index is -0.316. The summed E-state index contributed by atoms with van der Waals surface area (Å²) in [6.07, 6.45) is 3.51. The van der Waals surface area contributed by atoms with Gasteiger partial charge >= 0.3 is 6.03 Å². The van der Waals surface area contributed by atoms with E-state index in [4.69, 9.17) is 10.5 Å². The zero-order chi connectivity index (χ0) is 27.4. The molecule has 3 heterocycles. The van der Waals surface area contributed by atoms with Crippen LogP contribution in [0.1, 0.15) is 51.4 Å². The number of amides is 4. The van der Waals surface area contributed by atoms with Crippen LogP contribution in [0.5, 0.6) is 0 Å². The second-order valence-corrected chi connectivity index (χ2v) is 11.1. The maximum Gasteiger partial charge on any atom is 0.320 e. The number of carbonyl (C=O) groups excluding carboxylic acids is 3. The lowest BCUT2D eigenvalue weighted by Gasteiger charge is -2.39. The van der Waals surface area contributed by atoms with Crippen molar-refractivity contribution in [1.29, 1.82) is 0 Å². The predicted molar refractivity (Wildman–Crippen MR) is 148 cm³/mol. The van der Waals surface area contributed by atoms with E-state index < -0.39 is 0 Å². The molecule has 4 N–H and O–H groups in total. The van der Waals surface area contributed by atoms with E-state index in [1.807, 2.05) is 15.9 Å². The van der Waals surface area contributed by atoms with Gasteiger partial charge in [-0.3, -0.25) is 9.59 Å². The second kappa shape index (κ2) is 12.3. The number of benzene rings is 1. The average molecular weight is 557 g/mol. The van der Waals surface area contributed by atoms with Gasteiger partial charge < -0.3 is 35.8 Å². The maximum atomic E-state index is 13.1. The Balaban J connectivity index is 1.31. The first-order chi connectivity index (χ1) is 18.9. The van der Waals surface area contributed by atoms with Crippen LogP contribution in [0.2, 0.25) is 0 Å². The van der Waals surface area contributed by atoms with E-state index in [9.17, 15) is 14.4 Å². The molecule has 2 saturated heterocycles. The summed E-state index contributed by atoms with van der Waals surface area (Å²) in [5.41, 5.74) is 8.39. The number of hydrogen-bond acceptors (Lipinski definition) is 9. The lowest BCUT2D eigenvalue weighted by molar-refractivity contribution is 0.0428. The highest BCUT2D eigenvalue weighted by Crippen LogP contribution is 2.30. The highest BCUT2D eigenvalue weighted by molar-refractivity contribution is 7.08. The highest BCUT2D eigenvalue weighted by Gasteiger charge is 2.28. The molecule has 12 nitrogen and oxygen atoms in total. The number of carbonyl (C=O) groups is 3. The van der Waals surface area contributed by atoms with E-state index >= 15 is 0 Å². The summed E-state index contributed by atoms with van der Waals surface area (Å²) in [7, 11) is 0. The number of piperazine rings is 1. The van der Waals surface area contributed by atoms with Gasteiger partial charge in [0.15, 0.2) is 0 Å². The van der Waals surface area contributed by atoms with E-state index in [2.05, 4.69) is 25.1 Å². The second-order valence-electron chi connectivity index (χ2n) is 10.3. The number of aryl methyl sites for hydroxylation is 1. The third-order valence-electron chi connectivity index (χ3n) is 7.64. The first kappa shape index (κ1) is 27.3. The summed E-state index contributed by atoms with van der Waals surface area (Å²) in [6, 6.07) is 5.73. The molecule has 3 aliphatic rings. The van der Waals surface area contributed by atoms with Crippen molar-refractivity contribution in [3.8, 4) is 0 Å². The van der Waals surface area contributed by atoms with Gasteiger partial charge in [0.1, 0.15) is 4.88 Å². The maximum absolute atomic E-state index is 13.1. The van der Waals surface area contributed by atoms with Crippen LogP contribution in [-0.4, -0.2) is 102 Å². The molecule has 1 aliphatic carbocycles. The summed E-state index contributed by atoms with van der Waals surface area (Å²) in [4.78, 5) is 45.4. The third-order valence-corrected chi connectivity index (χ3v) is 8.47. The van der Waals surface area contributed by atoms with Crippen LogP contribution in [0, 0.1) is 6.92 Å². The average Bonchev–Trinajstić information content (AvgIpc) is 3.40. The molecule has 1 aromatic heterocycles. The Morgan fingerprint density at radius 1 is 0.974 bits per heavy atom. The Hall–Kier alpha value is -3.29. The topological polar surface area (TPSA) is 146 Å². The van der Waals surface area contributed by atoms with Crippen molar-refractivity contribution in [3.05, 3.63) is 34.3 Å². The Labute approximate surface area is 232 Å². The van der Waals surface area contributed by atoms with Crippen LogP contribution in [0.15, 0.2) is 18.2 Å². The van der Waals surface area contributed by atoms with Gasteiger partial charge in [0.25, 0.3) is 11.8 Å². The molecule has 13 heteroatoms. The molecule has 0 bridgehead atoms. The molecule has 0 spiro atoms. The van der Waals surface area contributed by atoms with Crippen molar-refractivity contribution < 1.29 is 19.1 Å². The standard InChI is InChI=1S/C26H36N8O4S/c1-17-23(39-31-30-17)25(36)29-21-16-18(24(35)28-20-5-3-19(27)4-6-20)2-7-22(21)32-8-10-33(11-9-32)26(37)34-12-14-38-15-13-34/h2,7,16,19-20H,3-6,8-15,27H2,1H3,(H,28,35)(H,29,36). The number of hydrogen-bond donors (Lipinski definition) is 3. The largest absolute Gasteiger partial charge is 0.378 e. The molecule has 3 fully saturated rings. The molecule has 39 heavy (non-hydrogen) atoms. The first-order valence-corrected chi connectivity index (χ1v) is 14.3. The zero-order valence-electron chi connectivity index (χ0n) is 22.2. The van der Waals surface area contributed by atoms with E-state index in [1.54, 1.807) is 19.1 Å². The van der Waals surface area contributed by atoms with Gasteiger partial charge in [-0.1, -0.05) is 4.49 Å². The Bertz CT molecular complexity index is 1180. The summed E-state index contributed by atoms with van der Waals surface area (Å²) in [5.74, 6) is -0.488. The quantitative estimate of drug-likeness (QED) is 0.504. The number of urea groups is 1. The summed E-state index contributed by atoms with van der Waals surface area (Å²) in [6.45, 7) is 6.43. The van der Waals surface area contributed by atoms with Gasteiger partial charge in [-0.2, -0.15) is 0 Å². The molecular formula is C26H36N8O4S. The third kappa shape index (κ3) is 6.48. The number of ether oxygens (including phenoxy) is 1. The predicted octanol–water partition coefficient (Wildman–Crippen LogP) is 1.67. The number of morpholine rings is 1. The first-order valence-electron chi connectivity index (χ1n) is 13.6. The monoisotopic (exact) mass is 556 g/mol. The fourth-order valence-electron chi connectivity index (χ4n) is 5.30. The van der Waals surface area contributed by atoms with Gasteiger partial charge in [0, 0.05) is 56.9 Å². The van der Waals surface area contributed by atoms with Gasteiger partial charge in [-0.05, 0) is 62.3 Å². The van der Waals surface area contributed by atoms with E-state index in [-0.39, 0.29) is 29.9 Å². The van der Waals surface area contributed by atoms with Crippen molar-refractivity contribution in [2.75, 3.05) is 62.7 Å². The van der Waals surface area contributed by atoms with Crippen LogP contribution >= 0.6 is 11.5 Å². The molecule has 2 aliphatic heterocycles. The number of nitrogens with two attached hydrogens (primary N) is 1. The number of nitrogens with one attached hydrogen (secondary N) is 2. The zero-order valence-corrected chi connectivity index (χ0v) is 23.0. The SMILES string of the molecule is Cc1nnsc1C(=O)Nc1cc(C(=O)NC2CCC(N)CC2)ccc1N1CCN(C(=O)N2CCOCC2)CC1. The van der Waals surface area contributed by atoms with Crippen LogP contribution in [0.3, 0.4) is 0 Å². The van der Waals surface area contributed by atoms with Crippen molar-refractivity contribution >= 4 is 40.8 Å². The van der Waals surface area contributed by atoms with Crippen LogP contribution in [0.25, 0.3) is 0 Å². The molecule has 210 valence electrons.